The third-order valence-electron chi connectivity index (χ3n) is 4.56. The van der Waals surface area contributed by atoms with Crippen LogP contribution < -0.4 is 11.1 Å². The molecule has 3 N–H and O–H groups in total. The van der Waals surface area contributed by atoms with E-state index in [9.17, 15) is 14.4 Å². The Balaban J connectivity index is 0.00000242. The Kier molecular flexibility index (Phi) is 5.81. The Morgan fingerprint density at radius 1 is 1.41 bits per heavy atom. The SMILES string of the molecule is CC1CCN(C(=O)CN2C(=O)NC(=O)C2(C)C)C(CN)C1.Cl. The van der Waals surface area contributed by atoms with Crippen molar-refractivity contribution in [3.63, 3.8) is 0 Å². The number of hydrogen-bond acceptors (Lipinski definition) is 4. The van der Waals surface area contributed by atoms with Crippen LogP contribution in [-0.2, 0) is 9.59 Å². The molecule has 2 aliphatic heterocycles. The maximum Gasteiger partial charge on any atom is 0.325 e. The number of hydrogen-bond donors (Lipinski definition) is 2. The Morgan fingerprint density at radius 2 is 2.05 bits per heavy atom. The second kappa shape index (κ2) is 6.83. The zero-order valence-corrected chi connectivity index (χ0v) is 14.1. The Labute approximate surface area is 137 Å². The highest BCUT2D eigenvalue weighted by Gasteiger charge is 2.47. The van der Waals surface area contributed by atoms with Crippen LogP contribution in [-0.4, -0.2) is 58.9 Å². The molecule has 4 amide bonds. The molecule has 22 heavy (non-hydrogen) atoms. The van der Waals surface area contributed by atoms with E-state index < -0.39 is 11.6 Å². The summed E-state index contributed by atoms with van der Waals surface area (Å²) >= 11 is 0. The molecule has 0 aromatic rings. The second-order valence-corrected chi connectivity index (χ2v) is 6.51. The zero-order valence-electron chi connectivity index (χ0n) is 13.3. The van der Waals surface area contributed by atoms with Gasteiger partial charge >= 0.3 is 6.03 Å². The maximum absolute atomic E-state index is 12.5. The molecule has 7 nitrogen and oxygen atoms in total. The minimum absolute atomic E-state index is 0. The average molecular weight is 333 g/mol. The van der Waals surface area contributed by atoms with Crippen molar-refractivity contribution in [2.45, 2.75) is 45.2 Å². The van der Waals surface area contributed by atoms with Crippen LogP contribution in [0, 0.1) is 5.92 Å². The molecule has 0 radical (unpaired) electrons. The summed E-state index contributed by atoms with van der Waals surface area (Å²) in [7, 11) is 0. The highest BCUT2D eigenvalue weighted by molar-refractivity contribution is 6.07. The fourth-order valence-corrected chi connectivity index (χ4v) is 2.99. The standard InChI is InChI=1S/C14H24N4O3.ClH/c1-9-4-5-17(10(6-9)7-15)11(19)8-18-13(21)16-12(20)14(18,2)3;/h9-10H,4-8,15H2,1-3H3,(H,16,20,21);1H. The van der Waals surface area contributed by atoms with Crippen LogP contribution >= 0.6 is 12.4 Å². The number of nitrogens with one attached hydrogen (secondary N) is 1. The summed E-state index contributed by atoms with van der Waals surface area (Å²) in [6, 6.07) is -0.487. The topological polar surface area (TPSA) is 95.7 Å². The largest absolute Gasteiger partial charge is 0.337 e. The van der Waals surface area contributed by atoms with Crippen molar-refractivity contribution < 1.29 is 14.4 Å². The quantitative estimate of drug-likeness (QED) is 0.728. The Hall–Kier alpha value is -1.34. The lowest BCUT2D eigenvalue weighted by Gasteiger charge is -2.39. The summed E-state index contributed by atoms with van der Waals surface area (Å²) in [5.74, 6) is 0.0360. The van der Waals surface area contributed by atoms with Crippen molar-refractivity contribution in [2.24, 2.45) is 11.7 Å². The molecule has 0 aromatic carbocycles. The van der Waals surface area contributed by atoms with E-state index in [-0.39, 0.29) is 36.8 Å². The fraction of sp³-hybridized carbons (Fsp3) is 0.786. The fourth-order valence-electron chi connectivity index (χ4n) is 2.99. The van der Waals surface area contributed by atoms with Gasteiger partial charge in [0.05, 0.1) is 0 Å². The predicted molar refractivity (Wildman–Crippen MR) is 84.5 cm³/mol. The van der Waals surface area contributed by atoms with Crippen molar-refractivity contribution in [2.75, 3.05) is 19.6 Å². The van der Waals surface area contributed by atoms with E-state index in [1.807, 2.05) is 0 Å². The molecule has 0 bridgehead atoms. The van der Waals surface area contributed by atoms with Crippen molar-refractivity contribution >= 4 is 30.3 Å². The molecule has 0 spiro atoms. The summed E-state index contributed by atoms with van der Waals surface area (Å²) in [4.78, 5) is 39.1. The Bertz CT molecular complexity index is 469. The number of nitrogens with two attached hydrogens (primary N) is 1. The summed E-state index contributed by atoms with van der Waals surface area (Å²) in [6.07, 6.45) is 1.83. The first-order valence-corrected chi connectivity index (χ1v) is 7.40. The predicted octanol–water partition coefficient (Wildman–Crippen LogP) is 0.324. The van der Waals surface area contributed by atoms with Crippen molar-refractivity contribution in [1.29, 1.82) is 0 Å². The van der Waals surface area contributed by atoms with E-state index in [2.05, 4.69) is 12.2 Å². The molecular weight excluding hydrogens is 308 g/mol. The van der Waals surface area contributed by atoms with Gasteiger partial charge in [-0.1, -0.05) is 6.92 Å². The van der Waals surface area contributed by atoms with Crippen molar-refractivity contribution in [1.82, 2.24) is 15.1 Å². The van der Waals surface area contributed by atoms with Crippen molar-refractivity contribution in [3.8, 4) is 0 Å². The number of imide groups is 1. The third kappa shape index (κ3) is 3.35. The average Bonchev–Trinajstić information content (AvgIpc) is 2.61. The second-order valence-electron chi connectivity index (χ2n) is 6.51. The molecule has 2 aliphatic rings. The summed E-state index contributed by atoms with van der Waals surface area (Å²) < 4.78 is 0. The van der Waals surface area contributed by atoms with E-state index in [0.717, 1.165) is 12.8 Å². The van der Waals surface area contributed by atoms with E-state index in [1.165, 1.54) is 4.90 Å². The number of carbonyl (C=O) groups excluding carboxylic acids is 3. The van der Waals surface area contributed by atoms with E-state index in [1.54, 1.807) is 18.7 Å². The molecule has 8 heteroatoms. The highest BCUT2D eigenvalue weighted by Crippen LogP contribution is 2.24. The lowest BCUT2D eigenvalue weighted by molar-refractivity contribution is -0.137. The summed E-state index contributed by atoms with van der Waals surface area (Å²) in [5.41, 5.74) is 4.77. The van der Waals surface area contributed by atoms with Gasteiger partial charge in [0.2, 0.25) is 5.91 Å². The molecule has 2 rings (SSSR count). The van der Waals surface area contributed by atoms with E-state index >= 15 is 0 Å². The van der Waals surface area contributed by atoms with Gasteiger partial charge in [-0.05, 0) is 32.6 Å². The number of piperidine rings is 1. The van der Waals surface area contributed by atoms with Gasteiger partial charge in [-0.15, -0.1) is 12.4 Å². The van der Waals surface area contributed by atoms with Gasteiger partial charge in [0.25, 0.3) is 5.91 Å². The number of urea groups is 1. The van der Waals surface area contributed by atoms with Crippen LogP contribution in [0.25, 0.3) is 0 Å². The number of carbonyl (C=O) groups is 3. The van der Waals surface area contributed by atoms with Crippen LogP contribution in [0.2, 0.25) is 0 Å². The van der Waals surface area contributed by atoms with Gasteiger partial charge in [-0.2, -0.15) is 0 Å². The summed E-state index contributed by atoms with van der Waals surface area (Å²) in [6.45, 7) is 6.42. The minimum Gasteiger partial charge on any atom is -0.337 e. The lowest BCUT2D eigenvalue weighted by Crippen LogP contribution is -2.55. The first-order valence-electron chi connectivity index (χ1n) is 7.40. The van der Waals surface area contributed by atoms with Crippen LogP contribution in [0.4, 0.5) is 4.79 Å². The highest BCUT2D eigenvalue weighted by atomic mass is 35.5. The Morgan fingerprint density at radius 3 is 2.55 bits per heavy atom. The molecule has 2 fully saturated rings. The molecule has 0 saturated carbocycles. The zero-order chi connectivity index (χ0) is 15.8. The van der Waals surface area contributed by atoms with Crippen LogP contribution in [0.1, 0.15) is 33.6 Å². The number of nitrogens with zero attached hydrogens (tertiary/aromatic N) is 2. The normalized spacial score (nSPS) is 27.5. The molecule has 126 valence electrons. The molecule has 2 atom stereocenters. The number of amides is 4. The number of halogens is 1. The maximum atomic E-state index is 12.5. The van der Waals surface area contributed by atoms with Gasteiger partial charge in [0.1, 0.15) is 12.1 Å². The number of likely N-dealkylation sites (tertiary alicyclic amines) is 1. The van der Waals surface area contributed by atoms with Crippen LogP contribution in [0.15, 0.2) is 0 Å². The van der Waals surface area contributed by atoms with Crippen molar-refractivity contribution in [3.05, 3.63) is 0 Å². The van der Waals surface area contributed by atoms with Crippen LogP contribution in [0.5, 0.6) is 0 Å². The molecule has 2 heterocycles. The molecule has 2 unspecified atom stereocenters. The first-order chi connectivity index (χ1) is 9.77. The van der Waals surface area contributed by atoms with Gasteiger partial charge in [-0.3, -0.25) is 14.9 Å². The minimum atomic E-state index is -0.992. The molecular formula is C14H25ClN4O3. The summed E-state index contributed by atoms with van der Waals surface area (Å²) in [5, 5.41) is 2.25. The monoisotopic (exact) mass is 332 g/mol. The van der Waals surface area contributed by atoms with Gasteiger partial charge in [-0.25, -0.2) is 4.79 Å². The molecule has 0 aromatic heterocycles. The third-order valence-corrected chi connectivity index (χ3v) is 4.56. The lowest BCUT2D eigenvalue weighted by atomic mass is 9.92. The van der Waals surface area contributed by atoms with Crippen LogP contribution in [0.3, 0.4) is 0 Å². The molecule has 2 saturated heterocycles. The van der Waals surface area contributed by atoms with Gasteiger partial charge < -0.3 is 15.5 Å². The molecule has 0 aliphatic carbocycles. The first kappa shape index (κ1) is 18.7. The number of rotatable bonds is 3. The van der Waals surface area contributed by atoms with Gasteiger partial charge in [0, 0.05) is 19.1 Å². The van der Waals surface area contributed by atoms with E-state index in [0.29, 0.717) is 19.0 Å². The smallest absolute Gasteiger partial charge is 0.325 e. The van der Waals surface area contributed by atoms with Gasteiger partial charge in [0.15, 0.2) is 0 Å². The van der Waals surface area contributed by atoms with E-state index in [4.69, 9.17) is 5.73 Å².